The largest absolute Gasteiger partial charge is 0.497 e. The number of guanidine groups is 1. The zero-order valence-corrected chi connectivity index (χ0v) is 18.9. The van der Waals surface area contributed by atoms with Crippen LogP contribution in [0.5, 0.6) is 11.5 Å². The molecule has 0 aromatic heterocycles. The second-order valence-corrected chi connectivity index (χ2v) is 6.11. The normalized spacial score (nSPS) is 10.6. The second-order valence-electron chi connectivity index (χ2n) is 6.11. The Labute approximate surface area is 182 Å². The molecule has 2 aromatic carbocycles. The van der Waals surface area contributed by atoms with Crippen molar-refractivity contribution >= 4 is 41.5 Å². The van der Waals surface area contributed by atoms with E-state index in [4.69, 9.17) is 15.2 Å². The number of carbonyl (C=O) groups excluding carboxylic acids is 1. The summed E-state index contributed by atoms with van der Waals surface area (Å²) >= 11 is 0. The molecular weight excluding hydrogens is 471 g/mol. The fraction of sp³-hybridized carbons (Fsp3) is 0.300. The first-order valence-electron chi connectivity index (χ1n) is 8.54. The van der Waals surface area contributed by atoms with E-state index >= 15 is 0 Å². The van der Waals surface area contributed by atoms with Crippen LogP contribution in [0.25, 0.3) is 0 Å². The smallest absolute Gasteiger partial charge is 0.253 e. The van der Waals surface area contributed by atoms with Crippen LogP contribution in [-0.2, 0) is 6.42 Å². The van der Waals surface area contributed by atoms with E-state index in [-0.39, 0.29) is 35.8 Å². The summed E-state index contributed by atoms with van der Waals surface area (Å²) in [5.74, 6) is 1.59. The lowest BCUT2D eigenvalue weighted by molar-refractivity contribution is 0.0827. The topological polar surface area (TPSA) is 89.2 Å². The van der Waals surface area contributed by atoms with Gasteiger partial charge in [-0.05, 0) is 36.2 Å². The molecule has 0 aliphatic heterocycles. The number of ether oxygens (including phenoxy) is 2. The summed E-state index contributed by atoms with van der Waals surface area (Å²) in [6.07, 6.45) is 0.673. The number of rotatable bonds is 7. The van der Waals surface area contributed by atoms with Gasteiger partial charge < -0.3 is 25.4 Å². The van der Waals surface area contributed by atoms with Crippen molar-refractivity contribution in [3.05, 3.63) is 53.6 Å². The number of aliphatic imine (C=N–C) groups is 1. The molecule has 0 unspecified atom stereocenters. The van der Waals surface area contributed by atoms with Crippen LogP contribution in [0.1, 0.15) is 15.9 Å². The van der Waals surface area contributed by atoms with Gasteiger partial charge in [-0.3, -0.25) is 9.79 Å². The number of methoxy groups -OCH3 is 2. The Balaban J connectivity index is 0.00000392. The highest BCUT2D eigenvalue weighted by Gasteiger charge is 2.08. The van der Waals surface area contributed by atoms with Gasteiger partial charge in [-0.2, -0.15) is 0 Å². The number of hydrogen-bond donors (Lipinski definition) is 2. The first kappa shape index (κ1) is 23.5. The highest BCUT2D eigenvalue weighted by atomic mass is 127. The van der Waals surface area contributed by atoms with Gasteiger partial charge in [-0.15, -0.1) is 24.0 Å². The van der Waals surface area contributed by atoms with E-state index in [0.717, 1.165) is 5.56 Å². The van der Waals surface area contributed by atoms with Gasteiger partial charge in [-0.1, -0.05) is 12.1 Å². The maximum Gasteiger partial charge on any atom is 0.253 e. The molecule has 0 fully saturated rings. The standard InChI is InChI=1S/C20H26N4O3.HI/c1-24(2)19(25)15-7-5-6-14(12-15)10-11-22-20(21)23-17-13-16(26-3)8-9-18(17)27-4;/h5-9,12-13H,10-11H2,1-4H3,(H3,21,22,23);1H. The van der Waals surface area contributed by atoms with Crippen LogP contribution >= 0.6 is 24.0 Å². The molecule has 8 heteroatoms. The molecule has 28 heavy (non-hydrogen) atoms. The Morgan fingerprint density at radius 1 is 1.14 bits per heavy atom. The predicted molar refractivity (Wildman–Crippen MR) is 123 cm³/mol. The molecule has 1 amide bonds. The molecule has 2 aromatic rings. The Hall–Kier alpha value is -2.49. The minimum atomic E-state index is -0.0216. The quantitative estimate of drug-likeness (QED) is 0.348. The fourth-order valence-corrected chi connectivity index (χ4v) is 2.51. The van der Waals surface area contributed by atoms with Gasteiger partial charge in [0.25, 0.3) is 5.91 Å². The van der Waals surface area contributed by atoms with Crippen LogP contribution < -0.4 is 20.5 Å². The Morgan fingerprint density at radius 3 is 2.54 bits per heavy atom. The number of nitrogens with two attached hydrogens (primary N) is 1. The van der Waals surface area contributed by atoms with Crippen molar-refractivity contribution in [2.24, 2.45) is 10.7 Å². The molecule has 0 aliphatic rings. The Morgan fingerprint density at radius 2 is 1.89 bits per heavy atom. The van der Waals surface area contributed by atoms with Gasteiger partial charge in [0, 0.05) is 32.3 Å². The van der Waals surface area contributed by atoms with Crippen molar-refractivity contribution in [3.63, 3.8) is 0 Å². The summed E-state index contributed by atoms with van der Waals surface area (Å²) in [6.45, 7) is 0.491. The molecule has 152 valence electrons. The van der Waals surface area contributed by atoms with Gasteiger partial charge in [-0.25, -0.2) is 0 Å². The number of nitrogens with one attached hydrogen (secondary N) is 1. The third-order valence-corrected chi connectivity index (χ3v) is 3.93. The number of halogens is 1. The summed E-state index contributed by atoms with van der Waals surface area (Å²) in [5.41, 5.74) is 8.35. The Kier molecular flexibility index (Phi) is 9.57. The average molecular weight is 498 g/mol. The molecule has 0 atom stereocenters. The van der Waals surface area contributed by atoms with Crippen molar-refractivity contribution < 1.29 is 14.3 Å². The third-order valence-electron chi connectivity index (χ3n) is 3.93. The molecule has 0 aliphatic carbocycles. The van der Waals surface area contributed by atoms with Crippen LogP contribution in [0.3, 0.4) is 0 Å². The Bertz CT molecular complexity index is 825. The minimum absolute atomic E-state index is 0. The van der Waals surface area contributed by atoms with Gasteiger partial charge in [0.05, 0.1) is 19.9 Å². The SMILES string of the molecule is COc1ccc(OC)c(NC(N)=NCCc2cccc(C(=O)N(C)C)c2)c1.I. The highest BCUT2D eigenvalue weighted by Crippen LogP contribution is 2.28. The molecule has 0 radical (unpaired) electrons. The van der Waals surface area contributed by atoms with Gasteiger partial charge in [0.15, 0.2) is 5.96 Å². The third kappa shape index (κ3) is 6.59. The lowest BCUT2D eigenvalue weighted by atomic mass is 10.1. The first-order chi connectivity index (χ1) is 12.9. The van der Waals surface area contributed by atoms with E-state index in [0.29, 0.717) is 35.7 Å². The number of hydrogen-bond acceptors (Lipinski definition) is 4. The van der Waals surface area contributed by atoms with Gasteiger partial charge in [0.1, 0.15) is 11.5 Å². The van der Waals surface area contributed by atoms with E-state index in [2.05, 4.69) is 10.3 Å². The summed E-state index contributed by atoms with van der Waals surface area (Å²) in [7, 11) is 6.65. The van der Waals surface area contributed by atoms with Crippen molar-refractivity contribution in [3.8, 4) is 11.5 Å². The molecule has 0 spiro atoms. The monoisotopic (exact) mass is 498 g/mol. The molecule has 3 N–H and O–H groups in total. The summed E-state index contributed by atoms with van der Waals surface area (Å²) < 4.78 is 10.5. The van der Waals surface area contributed by atoms with Crippen LogP contribution in [-0.4, -0.2) is 51.6 Å². The number of nitrogens with zero attached hydrogens (tertiary/aromatic N) is 2. The number of benzene rings is 2. The van der Waals surface area contributed by atoms with Gasteiger partial charge in [0.2, 0.25) is 0 Å². The van der Waals surface area contributed by atoms with E-state index < -0.39 is 0 Å². The molecule has 0 saturated carbocycles. The molecule has 0 saturated heterocycles. The summed E-state index contributed by atoms with van der Waals surface area (Å²) in [6, 6.07) is 12.9. The van der Waals surface area contributed by atoms with E-state index in [1.165, 1.54) is 0 Å². The zero-order valence-electron chi connectivity index (χ0n) is 16.6. The second kappa shape index (κ2) is 11.4. The first-order valence-corrected chi connectivity index (χ1v) is 8.54. The average Bonchev–Trinajstić information content (AvgIpc) is 2.67. The van der Waals surface area contributed by atoms with Gasteiger partial charge >= 0.3 is 0 Å². The zero-order chi connectivity index (χ0) is 19.8. The number of carbonyl (C=O) groups is 1. The predicted octanol–water partition coefficient (Wildman–Crippen LogP) is 2.99. The van der Waals surface area contributed by atoms with Crippen molar-refractivity contribution in [2.45, 2.75) is 6.42 Å². The maximum absolute atomic E-state index is 12.0. The van der Waals surface area contributed by atoms with Crippen LogP contribution in [0, 0.1) is 0 Å². The van der Waals surface area contributed by atoms with Crippen molar-refractivity contribution in [1.82, 2.24) is 4.90 Å². The minimum Gasteiger partial charge on any atom is -0.497 e. The van der Waals surface area contributed by atoms with Crippen molar-refractivity contribution in [2.75, 3.05) is 40.2 Å². The van der Waals surface area contributed by atoms with E-state index in [1.54, 1.807) is 57.5 Å². The molecule has 0 bridgehead atoms. The van der Waals surface area contributed by atoms with Crippen LogP contribution in [0.15, 0.2) is 47.5 Å². The van der Waals surface area contributed by atoms with Crippen LogP contribution in [0.2, 0.25) is 0 Å². The summed E-state index contributed by atoms with van der Waals surface area (Å²) in [4.78, 5) is 17.9. The van der Waals surface area contributed by atoms with E-state index in [9.17, 15) is 4.79 Å². The number of amides is 1. The molecule has 0 heterocycles. The molecule has 2 rings (SSSR count). The fourth-order valence-electron chi connectivity index (χ4n) is 2.51. The van der Waals surface area contributed by atoms with E-state index in [1.807, 2.05) is 18.2 Å². The van der Waals surface area contributed by atoms with Crippen molar-refractivity contribution in [1.29, 1.82) is 0 Å². The lowest BCUT2D eigenvalue weighted by Crippen LogP contribution is -2.23. The maximum atomic E-state index is 12.0. The lowest BCUT2D eigenvalue weighted by Gasteiger charge is -2.12. The molecule has 7 nitrogen and oxygen atoms in total. The highest BCUT2D eigenvalue weighted by molar-refractivity contribution is 14.0. The number of anilines is 1. The molecular formula is C20H27IN4O3. The summed E-state index contributed by atoms with van der Waals surface area (Å²) in [5, 5.41) is 3.03. The van der Waals surface area contributed by atoms with Crippen LogP contribution in [0.4, 0.5) is 5.69 Å².